The highest BCUT2D eigenvalue weighted by molar-refractivity contribution is 4.92. The van der Waals surface area contributed by atoms with Gasteiger partial charge in [0, 0.05) is 0 Å². The summed E-state index contributed by atoms with van der Waals surface area (Å²) in [6.45, 7) is 14.5. The molecule has 0 nitrogen and oxygen atoms in total. The van der Waals surface area contributed by atoms with Gasteiger partial charge in [-0.3, -0.25) is 0 Å². The van der Waals surface area contributed by atoms with Crippen LogP contribution in [-0.4, -0.2) is 0 Å². The van der Waals surface area contributed by atoms with Crippen molar-refractivity contribution in [2.45, 2.75) is 67.2 Å². The Morgan fingerprint density at radius 1 is 1.06 bits per heavy atom. The standard InChI is InChI=1S/C16H32/c1-7-9-14-10-16(14)13(6)15(8-2)12(5)11(3)4/h11-16H,7-10H2,1-6H3. The summed E-state index contributed by atoms with van der Waals surface area (Å²) in [5.41, 5.74) is 0. The molecule has 0 aromatic rings. The minimum Gasteiger partial charge on any atom is -0.0654 e. The molecule has 1 aliphatic carbocycles. The molecule has 0 amide bonds. The van der Waals surface area contributed by atoms with E-state index in [4.69, 9.17) is 0 Å². The Morgan fingerprint density at radius 3 is 2.12 bits per heavy atom. The molecule has 1 saturated carbocycles. The predicted molar refractivity (Wildman–Crippen MR) is 73.5 cm³/mol. The van der Waals surface area contributed by atoms with Gasteiger partial charge in [-0.15, -0.1) is 0 Å². The number of hydrogen-bond donors (Lipinski definition) is 0. The molecule has 0 heterocycles. The lowest BCUT2D eigenvalue weighted by atomic mass is 9.74. The van der Waals surface area contributed by atoms with Crippen molar-refractivity contribution in [2.24, 2.45) is 35.5 Å². The first-order chi connectivity index (χ1) is 7.52. The van der Waals surface area contributed by atoms with Crippen LogP contribution in [0.15, 0.2) is 0 Å². The zero-order chi connectivity index (χ0) is 12.3. The van der Waals surface area contributed by atoms with Gasteiger partial charge in [-0.05, 0) is 41.9 Å². The van der Waals surface area contributed by atoms with Gasteiger partial charge in [-0.2, -0.15) is 0 Å². The Kier molecular flexibility index (Phi) is 5.34. The normalized spacial score (nSPS) is 30.2. The second kappa shape index (κ2) is 6.07. The Labute approximate surface area is 103 Å². The quantitative estimate of drug-likeness (QED) is 0.545. The summed E-state index contributed by atoms with van der Waals surface area (Å²) in [7, 11) is 0. The minimum absolute atomic E-state index is 0.843. The minimum atomic E-state index is 0.843. The van der Waals surface area contributed by atoms with E-state index in [9.17, 15) is 0 Å². The molecule has 1 aliphatic rings. The Balaban J connectivity index is 2.48. The fraction of sp³-hybridized carbons (Fsp3) is 1.00. The van der Waals surface area contributed by atoms with Crippen LogP contribution in [0.3, 0.4) is 0 Å². The average Bonchev–Trinajstić information content (AvgIpc) is 2.98. The third-order valence-electron chi connectivity index (χ3n) is 5.19. The third kappa shape index (κ3) is 3.25. The van der Waals surface area contributed by atoms with Gasteiger partial charge in [0.05, 0.1) is 0 Å². The maximum Gasteiger partial charge on any atom is -0.0354 e. The summed E-state index contributed by atoms with van der Waals surface area (Å²) in [6.07, 6.45) is 5.75. The third-order valence-corrected chi connectivity index (χ3v) is 5.19. The van der Waals surface area contributed by atoms with Crippen LogP contribution in [0.25, 0.3) is 0 Å². The second-order valence-corrected chi connectivity index (χ2v) is 6.48. The predicted octanol–water partition coefficient (Wildman–Crippen LogP) is 5.38. The highest BCUT2D eigenvalue weighted by Gasteiger charge is 2.43. The van der Waals surface area contributed by atoms with E-state index in [2.05, 4.69) is 41.5 Å². The van der Waals surface area contributed by atoms with E-state index in [-0.39, 0.29) is 0 Å². The van der Waals surface area contributed by atoms with E-state index in [0.29, 0.717) is 0 Å². The fourth-order valence-corrected chi connectivity index (χ4v) is 3.65. The molecule has 0 heteroatoms. The van der Waals surface area contributed by atoms with Gasteiger partial charge in [-0.1, -0.05) is 60.8 Å². The van der Waals surface area contributed by atoms with Crippen LogP contribution < -0.4 is 0 Å². The lowest BCUT2D eigenvalue weighted by molar-refractivity contribution is 0.175. The molecule has 5 unspecified atom stereocenters. The van der Waals surface area contributed by atoms with Crippen molar-refractivity contribution in [3.8, 4) is 0 Å². The summed E-state index contributed by atoms with van der Waals surface area (Å²) in [5.74, 6) is 5.78. The molecule has 16 heavy (non-hydrogen) atoms. The summed E-state index contributed by atoms with van der Waals surface area (Å²) in [5, 5.41) is 0. The summed E-state index contributed by atoms with van der Waals surface area (Å²) >= 11 is 0. The van der Waals surface area contributed by atoms with Crippen LogP contribution in [-0.2, 0) is 0 Å². The number of rotatable bonds is 7. The van der Waals surface area contributed by atoms with Gasteiger partial charge in [0.2, 0.25) is 0 Å². The molecule has 0 N–H and O–H groups in total. The molecule has 0 aliphatic heterocycles. The van der Waals surface area contributed by atoms with Crippen molar-refractivity contribution < 1.29 is 0 Å². The van der Waals surface area contributed by atoms with Gasteiger partial charge in [0.1, 0.15) is 0 Å². The SMILES string of the molecule is CCCC1CC1C(C)C(CC)C(C)C(C)C. The molecule has 0 saturated heterocycles. The Hall–Kier alpha value is 0. The first-order valence-electron chi connectivity index (χ1n) is 7.52. The van der Waals surface area contributed by atoms with Crippen molar-refractivity contribution in [1.82, 2.24) is 0 Å². The van der Waals surface area contributed by atoms with E-state index in [1.54, 1.807) is 0 Å². The van der Waals surface area contributed by atoms with E-state index < -0.39 is 0 Å². The van der Waals surface area contributed by atoms with E-state index >= 15 is 0 Å². The zero-order valence-electron chi connectivity index (χ0n) is 12.3. The largest absolute Gasteiger partial charge is 0.0654 e. The van der Waals surface area contributed by atoms with E-state index in [1.165, 1.54) is 25.7 Å². The van der Waals surface area contributed by atoms with Crippen LogP contribution in [0.1, 0.15) is 67.2 Å². The van der Waals surface area contributed by atoms with Crippen molar-refractivity contribution in [3.63, 3.8) is 0 Å². The van der Waals surface area contributed by atoms with Gasteiger partial charge in [-0.25, -0.2) is 0 Å². The van der Waals surface area contributed by atoms with Gasteiger partial charge in [0.15, 0.2) is 0 Å². The van der Waals surface area contributed by atoms with Crippen LogP contribution in [0.2, 0.25) is 0 Å². The second-order valence-electron chi connectivity index (χ2n) is 6.48. The van der Waals surface area contributed by atoms with Crippen molar-refractivity contribution >= 4 is 0 Å². The molecule has 5 atom stereocenters. The first-order valence-corrected chi connectivity index (χ1v) is 7.52. The maximum absolute atomic E-state index is 2.52. The van der Waals surface area contributed by atoms with Crippen LogP contribution >= 0.6 is 0 Å². The molecule has 0 aromatic heterocycles. The average molecular weight is 224 g/mol. The summed E-state index contributed by atoms with van der Waals surface area (Å²) in [6, 6.07) is 0. The van der Waals surface area contributed by atoms with Crippen LogP contribution in [0.4, 0.5) is 0 Å². The van der Waals surface area contributed by atoms with Gasteiger partial charge >= 0.3 is 0 Å². The smallest absolute Gasteiger partial charge is 0.0354 e. The van der Waals surface area contributed by atoms with Crippen LogP contribution in [0.5, 0.6) is 0 Å². The highest BCUT2D eigenvalue weighted by Crippen LogP contribution is 2.51. The molecule has 0 radical (unpaired) electrons. The topological polar surface area (TPSA) is 0 Å². The molecule has 0 spiro atoms. The van der Waals surface area contributed by atoms with Gasteiger partial charge < -0.3 is 0 Å². The van der Waals surface area contributed by atoms with Gasteiger partial charge in [0.25, 0.3) is 0 Å². The summed E-state index contributed by atoms with van der Waals surface area (Å²) < 4.78 is 0. The van der Waals surface area contributed by atoms with Crippen molar-refractivity contribution in [1.29, 1.82) is 0 Å². The molecule has 0 aromatic carbocycles. The summed E-state index contributed by atoms with van der Waals surface area (Å²) in [4.78, 5) is 0. The van der Waals surface area contributed by atoms with Crippen molar-refractivity contribution in [3.05, 3.63) is 0 Å². The lowest BCUT2D eigenvalue weighted by Crippen LogP contribution is -2.24. The first kappa shape index (κ1) is 14.1. The lowest BCUT2D eigenvalue weighted by Gasteiger charge is -2.31. The molecule has 96 valence electrons. The Morgan fingerprint density at radius 2 is 1.69 bits per heavy atom. The molecular formula is C16H32. The van der Waals surface area contributed by atoms with Crippen molar-refractivity contribution in [2.75, 3.05) is 0 Å². The highest BCUT2D eigenvalue weighted by atomic mass is 14.5. The molecule has 0 bridgehead atoms. The zero-order valence-corrected chi connectivity index (χ0v) is 12.3. The maximum atomic E-state index is 2.52. The molecule has 1 rings (SSSR count). The number of hydrogen-bond acceptors (Lipinski definition) is 0. The molecular weight excluding hydrogens is 192 g/mol. The fourth-order valence-electron chi connectivity index (χ4n) is 3.65. The van der Waals surface area contributed by atoms with E-state index in [1.807, 2.05) is 0 Å². The monoisotopic (exact) mass is 224 g/mol. The molecule has 1 fully saturated rings. The Bertz CT molecular complexity index is 194. The van der Waals surface area contributed by atoms with Crippen LogP contribution in [0, 0.1) is 35.5 Å². The van der Waals surface area contributed by atoms with E-state index in [0.717, 1.165) is 35.5 Å².